The van der Waals surface area contributed by atoms with Gasteiger partial charge in [-0.25, -0.2) is 4.79 Å². The van der Waals surface area contributed by atoms with E-state index in [0.29, 0.717) is 25.4 Å². The van der Waals surface area contributed by atoms with Crippen molar-refractivity contribution in [3.63, 3.8) is 0 Å². The maximum absolute atomic E-state index is 12.7. The lowest BCUT2D eigenvalue weighted by atomic mass is 9.81. The van der Waals surface area contributed by atoms with Gasteiger partial charge in [0.25, 0.3) is 0 Å². The first kappa shape index (κ1) is 16.8. The first-order chi connectivity index (χ1) is 11.6. The van der Waals surface area contributed by atoms with E-state index in [-0.39, 0.29) is 23.9 Å². The van der Waals surface area contributed by atoms with Gasteiger partial charge in [0.05, 0.1) is 12.0 Å². The molecule has 5 heteroatoms. The predicted octanol–water partition coefficient (Wildman–Crippen LogP) is 2.82. The third kappa shape index (κ3) is 3.89. The van der Waals surface area contributed by atoms with Crippen LogP contribution >= 0.6 is 0 Å². The number of benzene rings is 1. The van der Waals surface area contributed by atoms with Gasteiger partial charge in [-0.05, 0) is 30.7 Å². The van der Waals surface area contributed by atoms with Crippen LogP contribution in [-0.2, 0) is 4.79 Å². The maximum Gasteiger partial charge on any atom is 0.317 e. The van der Waals surface area contributed by atoms with Crippen LogP contribution in [0, 0.1) is 11.8 Å². The largest absolute Gasteiger partial charge is 0.369 e. The molecule has 0 aromatic heterocycles. The molecule has 1 saturated heterocycles. The highest BCUT2D eigenvalue weighted by atomic mass is 16.2. The van der Waals surface area contributed by atoms with Crippen LogP contribution < -0.4 is 11.1 Å². The van der Waals surface area contributed by atoms with Crippen LogP contribution in [0.5, 0.6) is 0 Å². The minimum atomic E-state index is -0.308. The number of hydrogen-bond donors (Lipinski definition) is 2. The van der Waals surface area contributed by atoms with E-state index in [0.717, 1.165) is 12.8 Å². The molecule has 5 nitrogen and oxygen atoms in total. The zero-order valence-corrected chi connectivity index (χ0v) is 14.1. The maximum atomic E-state index is 12.7. The fourth-order valence-corrected chi connectivity index (χ4v) is 4.00. The highest BCUT2D eigenvalue weighted by Gasteiger charge is 2.32. The number of carbonyl (C=O) groups excluding carboxylic acids is 2. The van der Waals surface area contributed by atoms with Crippen LogP contribution in [-0.4, -0.2) is 29.9 Å². The van der Waals surface area contributed by atoms with Crippen molar-refractivity contribution in [1.29, 1.82) is 0 Å². The second-order valence-electron chi connectivity index (χ2n) is 7.07. The number of likely N-dealkylation sites (tertiary alicyclic amines) is 1. The standard InChI is InChI=1S/C19H27N3O2/c20-18(23)16-11-12-22(13-16)19(24)21-17(14-7-3-1-4-8-14)15-9-5-2-6-10-15/h1,3-4,7-8,15-17H,2,5-6,9-13H2,(H2,20,23)(H,21,24)/t16-,17+/m1/s1. The van der Waals surface area contributed by atoms with Crippen LogP contribution in [0.25, 0.3) is 0 Å². The summed E-state index contributed by atoms with van der Waals surface area (Å²) in [5.41, 5.74) is 6.54. The third-order valence-electron chi connectivity index (χ3n) is 5.44. The highest BCUT2D eigenvalue weighted by molar-refractivity contribution is 5.80. The number of carbonyl (C=O) groups is 2. The molecule has 0 spiro atoms. The summed E-state index contributed by atoms with van der Waals surface area (Å²) in [6.45, 7) is 1.04. The fourth-order valence-electron chi connectivity index (χ4n) is 4.00. The van der Waals surface area contributed by atoms with Crippen molar-refractivity contribution in [3.05, 3.63) is 35.9 Å². The van der Waals surface area contributed by atoms with E-state index < -0.39 is 0 Å². The quantitative estimate of drug-likeness (QED) is 0.891. The van der Waals surface area contributed by atoms with E-state index in [1.54, 1.807) is 4.90 Å². The third-order valence-corrected chi connectivity index (χ3v) is 5.44. The van der Waals surface area contributed by atoms with E-state index in [1.165, 1.54) is 24.8 Å². The Labute approximate surface area is 143 Å². The minimum Gasteiger partial charge on any atom is -0.369 e. The number of amides is 3. The molecule has 0 bridgehead atoms. The summed E-state index contributed by atoms with van der Waals surface area (Å²) >= 11 is 0. The summed E-state index contributed by atoms with van der Waals surface area (Å²) in [6, 6.07) is 10.2. The van der Waals surface area contributed by atoms with E-state index >= 15 is 0 Å². The zero-order valence-electron chi connectivity index (χ0n) is 14.1. The average molecular weight is 329 g/mol. The monoisotopic (exact) mass is 329 g/mol. The molecule has 3 rings (SSSR count). The molecule has 1 aromatic carbocycles. The van der Waals surface area contributed by atoms with Crippen molar-refractivity contribution in [1.82, 2.24) is 10.2 Å². The van der Waals surface area contributed by atoms with Gasteiger partial charge in [0.1, 0.15) is 0 Å². The molecule has 1 aromatic rings. The topological polar surface area (TPSA) is 75.4 Å². The molecule has 3 N–H and O–H groups in total. The molecule has 1 saturated carbocycles. The molecule has 130 valence electrons. The Kier molecular flexibility index (Phi) is 5.38. The van der Waals surface area contributed by atoms with Crippen LogP contribution in [0.2, 0.25) is 0 Å². The normalized spacial score (nSPS) is 23.0. The van der Waals surface area contributed by atoms with Crippen molar-refractivity contribution < 1.29 is 9.59 Å². The van der Waals surface area contributed by atoms with E-state index in [1.807, 2.05) is 18.2 Å². The Balaban J connectivity index is 1.69. The van der Waals surface area contributed by atoms with Gasteiger partial charge in [0.15, 0.2) is 0 Å². The number of hydrogen-bond acceptors (Lipinski definition) is 2. The number of rotatable bonds is 4. The molecular weight excluding hydrogens is 302 g/mol. The van der Waals surface area contributed by atoms with Crippen LogP contribution in [0.3, 0.4) is 0 Å². The van der Waals surface area contributed by atoms with E-state index in [9.17, 15) is 9.59 Å². The van der Waals surface area contributed by atoms with Gasteiger partial charge in [-0.3, -0.25) is 4.79 Å². The number of nitrogens with zero attached hydrogens (tertiary/aromatic N) is 1. The van der Waals surface area contributed by atoms with Gasteiger partial charge >= 0.3 is 6.03 Å². The van der Waals surface area contributed by atoms with Gasteiger partial charge < -0.3 is 16.0 Å². The van der Waals surface area contributed by atoms with Gasteiger partial charge in [0, 0.05) is 13.1 Å². The van der Waals surface area contributed by atoms with Gasteiger partial charge in [0.2, 0.25) is 5.91 Å². The highest BCUT2D eigenvalue weighted by Crippen LogP contribution is 2.34. The summed E-state index contributed by atoms with van der Waals surface area (Å²) in [5, 5.41) is 3.24. The molecule has 3 amide bonds. The first-order valence-corrected chi connectivity index (χ1v) is 9.05. The van der Waals surface area contributed by atoms with Crippen molar-refractivity contribution >= 4 is 11.9 Å². The smallest absolute Gasteiger partial charge is 0.317 e. The molecule has 1 heterocycles. The lowest BCUT2D eigenvalue weighted by Crippen LogP contribution is -2.43. The lowest BCUT2D eigenvalue weighted by molar-refractivity contribution is -0.121. The first-order valence-electron chi connectivity index (χ1n) is 9.05. The van der Waals surface area contributed by atoms with Crippen molar-refractivity contribution in [2.24, 2.45) is 17.6 Å². The minimum absolute atomic E-state index is 0.0478. The summed E-state index contributed by atoms with van der Waals surface area (Å²) in [4.78, 5) is 25.8. The van der Waals surface area contributed by atoms with Crippen LogP contribution in [0.15, 0.2) is 30.3 Å². The summed E-state index contributed by atoms with van der Waals surface area (Å²) in [7, 11) is 0. The Morgan fingerprint density at radius 3 is 2.42 bits per heavy atom. The second kappa shape index (κ2) is 7.69. The second-order valence-corrected chi connectivity index (χ2v) is 7.07. The molecule has 0 unspecified atom stereocenters. The summed E-state index contributed by atoms with van der Waals surface area (Å²) in [6.07, 6.45) is 6.74. The van der Waals surface area contributed by atoms with E-state index in [4.69, 9.17) is 5.73 Å². The Bertz CT molecular complexity index is 569. The Morgan fingerprint density at radius 1 is 1.08 bits per heavy atom. The number of nitrogens with one attached hydrogen (secondary N) is 1. The number of nitrogens with two attached hydrogens (primary N) is 1. The average Bonchev–Trinajstić information content (AvgIpc) is 3.11. The van der Waals surface area contributed by atoms with E-state index in [2.05, 4.69) is 17.4 Å². The molecule has 2 fully saturated rings. The van der Waals surface area contributed by atoms with Gasteiger partial charge in [-0.15, -0.1) is 0 Å². The predicted molar refractivity (Wildman–Crippen MR) is 93.2 cm³/mol. The van der Waals surface area contributed by atoms with Crippen molar-refractivity contribution in [2.45, 2.75) is 44.6 Å². The molecule has 2 aliphatic rings. The van der Waals surface area contributed by atoms with Crippen LogP contribution in [0.1, 0.15) is 50.1 Å². The van der Waals surface area contributed by atoms with Crippen LogP contribution in [0.4, 0.5) is 4.79 Å². The number of primary amides is 1. The fraction of sp³-hybridized carbons (Fsp3) is 0.579. The van der Waals surface area contributed by atoms with Gasteiger partial charge in [-0.2, -0.15) is 0 Å². The number of urea groups is 1. The molecule has 1 aliphatic heterocycles. The molecule has 24 heavy (non-hydrogen) atoms. The molecular formula is C19H27N3O2. The van der Waals surface area contributed by atoms with Crippen molar-refractivity contribution in [3.8, 4) is 0 Å². The van der Waals surface area contributed by atoms with Crippen molar-refractivity contribution in [2.75, 3.05) is 13.1 Å². The SMILES string of the molecule is NC(=O)[C@@H]1CCN(C(=O)N[C@@H](c2ccccc2)C2CCCCC2)C1. The van der Waals surface area contributed by atoms with Gasteiger partial charge in [-0.1, -0.05) is 49.6 Å². The molecule has 0 radical (unpaired) electrons. The Morgan fingerprint density at radius 2 is 1.79 bits per heavy atom. The molecule has 2 atom stereocenters. The molecule has 1 aliphatic carbocycles. The summed E-state index contributed by atoms with van der Waals surface area (Å²) < 4.78 is 0. The lowest BCUT2D eigenvalue weighted by Gasteiger charge is -2.32. The summed E-state index contributed by atoms with van der Waals surface area (Å²) in [5.74, 6) is -0.0302. The zero-order chi connectivity index (χ0) is 16.9. The Hall–Kier alpha value is -2.04.